The zero-order valence-electron chi connectivity index (χ0n) is 14.3. The Morgan fingerprint density at radius 1 is 1.15 bits per heavy atom. The molecule has 2 rings (SSSR count). The van der Waals surface area contributed by atoms with Gasteiger partial charge in [-0.3, -0.25) is 4.79 Å². The second-order valence-electron chi connectivity index (χ2n) is 5.40. The molecule has 2 aromatic carbocycles. The lowest BCUT2D eigenvalue weighted by Crippen LogP contribution is -2.30. The number of halogens is 2. The van der Waals surface area contributed by atoms with Gasteiger partial charge < -0.3 is 10.1 Å². The predicted molar refractivity (Wildman–Crippen MR) is 97.6 cm³/mol. The maximum absolute atomic E-state index is 12.9. The third-order valence-electron chi connectivity index (χ3n) is 3.49. The Hall–Kier alpha value is -2.49. The van der Waals surface area contributed by atoms with E-state index in [1.54, 1.807) is 0 Å². The molecule has 27 heavy (non-hydrogen) atoms. The molecule has 144 valence electrons. The molecule has 0 aliphatic rings. The first kappa shape index (κ1) is 20.8. The van der Waals surface area contributed by atoms with Crippen LogP contribution in [0.5, 0.6) is 0 Å². The number of esters is 1. The third-order valence-corrected chi connectivity index (χ3v) is 5.39. The summed E-state index contributed by atoms with van der Waals surface area (Å²) < 4.78 is 43.9. The molecule has 0 spiro atoms. The lowest BCUT2D eigenvalue weighted by atomic mass is 10.2. The van der Waals surface area contributed by atoms with Gasteiger partial charge in [0.1, 0.15) is 10.7 Å². The van der Waals surface area contributed by atoms with Crippen molar-refractivity contribution in [2.24, 2.45) is 0 Å². The van der Waals surface area contributed by atoms with Crippen LogP contribution >= 0.6 is 11.6 Å². The topological polar surface area (TPSA) is 102 Å². The molecule has 2 aromatic rings. The number of benzene rings is 2. The Bertz CT molecular complexity index is 964. The summed E-state index contributed by atoms with van der Waals surface area (Å²) in [6.45, 7) is 1.35. The van der Waals surface area contributed by atoms with Crippen molar-refractivity contribution in [3.63, 3.8) is 0 Å². The minimum Gasteiger partial charge on any atom is -0.449 e. The average molecular weight is 415 g/mol. The molecule has 10 heteroatoms. The second kappa shape index (κ2) is 8.47. The van der Waals surface area contributed by atoms with Gasteiger partial charge in [-0.2, -0.15) is 0 Å². The van der Waals surface area contributed by atoms with E-state index in [-0.39, 0.29) is 15.5 Å². The molecule has 1 amide bonds. The first-order valence-corrected chi connectivity index (χ1v) is 9.50. The van der Waals surface area contributed by atoms with Crippen LogP contribution in [0.1, 0.15) is 17.3 Å². The monoisotopic (exact) mass is 414 g/mol. The number of amides is 1. The second-order valence-corrected chi connectivity index (χ2v) is 7.66. The van der Waals surface area contributed by atoms with Gasteiger partial charge in [0.25, 0.3) is 5.91 Å². The van der Waals surface area contributed by atoms with Crippen molar-refractivity contribution >= 4 is 39.2 Å². The van der Waals surface area contributed by atoms with Crippen LogP contribution in [-0.4, -0.2) is 33.4 Å². The van der Waals surface area contributed by atoms with Gasteiger partial charge in [-0.05, 0) is 56.4 Å². The Balaban J connectivity index is 2.11. The van der Waals surface area contributed by atoms with Crippen molar-refractivity contribution in [2.75, 3.05) is 12.4 Å². The van der Waals surface area contributed by atoms with Gasteiger partial charge in [0.15, 0.2) is 6.10 Å². The zero-order chi connectivity index (χ0) is 20.2. The fourth-order valence-electron chi connectivity index (χ4n) is 2.01. The summed E-state index contributed by atoms with van der Waals surface area (Å²) in [6, 6.07) is 8.63. The van der Waals surface area contributed by atoms with Crippen LogP contribution in [0.2, 0.25) is 5.02 Å². The summed E-state index contributed by atoms with van der Waals surface area (Å²) in [7, 11) is -2.67. The average Bonchev–Trinajstić information content (AvgIpc) is 2.63. The fraction of sp³-hybridized carbons (Fsp3) is 0.176. The maximum Gasteiger partial charge on any atom is 0.338 e. The number of sulfonamides is 1. The molecule has 2 N–H and O–H groups in total. The molecule has 1 unspecified atom stereocenters. The minimum atomic E-state index is -3.87. The van der Waals surface area contributed by atoms with E-state index in [4.69, 9.17) is 16.3 Å². The maximum atomic E-state index is 12.9. The predicted octanol–water partition coefficient (Wildman–Crippen LogP) is 2.57. The van der Waals surface area contributed by atoms with Crippen LogP contribution < -0.4 is 10.0 Å². The molecular formula is C17H16ClFN2O5S. The summed E-state index contributed by atoms with van der Waals surface area (Å²) >= 11 is 5.86. The van der Waals surface area contributed by atoms with Crippen LogP contribution in [-0.2, 0) is 19.6 Å². The summed E-state index contributed by atoms with van der Waals surface area (Å²) in [4.78, 5) is 24.0. The molecule has 7 nitrogen and oxygen atoms in total. The largest absolute Gasteiger partial charge is 0.449 e. The number of carbonyl (C=O) groups excluding carboxylic acids is 2. The van der Waals surface area contributed by atoms with Gasteiger partial charge >= 0.3 is 5.97 Å². The highest BCUT2D eigenvalue weighted by Gasteiger charge is 2.22. The molecule has 1 atom stereocenters. The summed E-state index contributed by atoms with van der Waals surface area (Å²) in [6.07, 6.45) is -1.18. The molecule has 0 saturated carbocycles. The number of rotatable bonds is 6. The van der Waals surface area contributed by atoms with E-state index in [9.17, 15) is 22.4 Å². The molecule has 0 aliphatic heterocycles. The normalized spacial score (nSPS) is 12.3. The number of carbonyl (C=O) groups is 2. The number of hydrogen-bond acceptors (Lipinski definition) is 5. The van der Waals surface area contributed by atoms with Crippen molar-refractivity contribution in [1.29, 1.82) is 0 Å². The van der Waals surface area contributed by atoms with E-state index in [1.165, 1.54) is 50.4 Å². The zero-order valence-corrected chi connectivity index (χ0v) is 15.9. The van der Waals surface area contributed by atoms with Crippen LogP contribution in [0.3, 0.4) is 0 Å². The molecule has 0 radical (unpaired) electrons. The first-order chi connectivity index (χ1) is 12.6. The molecular weight excluding hydrogens is 399 g/mol. The summed E-state index contributed by atoms with van der Waals surface area (Å²) in [5.74, 6) is -1.99. The molecule has 0 heterocycles. The molecule has 0 bridgehead atoms. The summed E-state index contributed by atoms with van der Waals surface area (Å²) in [5, 5.41) is 2.40. The van der Waals surface area contributed by atoms with Crippen LogP contribution in [0, 0.1) is 5.82 Å². The van der Waals surface area contributed by atoms with Gasteiger partial charge in [-0.25, -0.2) is 22.3 Å². The SMILES string of the molecule is CNS(=O)(=O)c1cc(C(=O)OC(C)C(=O)Nc2ccc(F)cc2)ccc1Cl. The number of hydrogen-bond donors (Lipinski definition) is 2. The smallest absolute Gasteiger partial charge is 0.338 e. The highest BCUT2D eigenvalue weighted by Crippen LogP contribution is 2.23. The van der Waals surface area contributed by atoms with Crippen molar-refractivity contribution in [1.82, 2.24) is 4.72 Å². The van der Waals surface area contributed by atoms with Crippen LogP contribution in [0.15, 0.2) is 47.4 Å². The van der Waals surface area contributed by atoms with E-state index in [0.717, 1.165) is 6.07 Å². The van der Waals surface area contributed by atoms with E-state index in [2.05, 4.69) is 10.0 Å². The van der Waals surface area contributed by atoms with Gasteiger partial charge in [-0.15, -0.1) is 0 Å². The lowest BCUT2D eigenvalue weighted by Gasteiger charge is -2.14. The van der Waals surface area contributed by atoms with Crippen molar-refractivity contribution in [3.05, 3.63) is 58.9 Å². The van der Waals surface area contributed by atoms with Crippen LogP contribution in [0.4, 0.5) is 10.1 Å². The highest BCUT2D eigenvalue weighted by molar-refractivity contribution is 7.89. The Morgan fingerprint density at radius 3 is 2.37 bits per heavy atom. The van der Waals surface area contributed by atoms with Gasteiger partial charge in [-0.1, -0.05) is 11.6 Å². The van der Waals surface area contributed by atoms with Crippen molar-refractivity contribution in [2.45, 2.75) is 17.9 Å². The van der Waals surface area contributed by atoms with Crippen molar-refractivity contribution in [3.8, 4) is 0 Å². The molecule has 0 aromatic heterocycles. The molecule has 0 fully saturated rings. The fourth-order valence-corrected chi connectivity index (χ4v) is 3.25. The number of anilines is 1. The Kier molecular flexibility index (Phi) is 6.53. The number of ether oxygens (including phenoxy) is 1. The minimum absolute atomic E-state index is 0.0667. The third kappa shape index (κ3) is 5.25. The highest BCUT2D eigenvalue weighted by atomic mass is 35.5. The van der Waals surface area contributed by atoms with E-state index >= 15 is 0 Å². The first-order valence-electron chi connectivity index (χ1n) is 7.64. The van der Waals surface area contributed by atoms with E-state index < -0.39 is 33.8 Å². The molecule has 0 aliphatic carbocycles. The van der Waals surface area contributed by atoms with Gasteiger partial charge in [0.05, 0.1) is 10.6 Å². The Labute approximate surface area is 160 Å². The number of nitrogens with one attached hydrogen (secondary N) is 2. The van der Waals surface area contributed by atoms with Gasteiger partial charge in [0.2, 0.25) is 10.0 Å². The Morgan fingerprint density at radius 2 is 1.78 bits per heavy atom. The lowest BCUT2D eigenvalue weighted by molar-refractivity contribution is -0.123. The summed E-state index contributed by atoms with van der Waals surface area (Å²) in [5.41, 5.74) is 0.243. The quantitative estimate of drug-likeness (QED) is 0.707. The standard InChI is InChI=1S/C17H16ClFN2O5S/c1-10(16(22)21-13-6-4-12(19)5-7-13)26-17(23)11-3-8-14(18)15(9-11)27(24,25)20-2/h3-10,20H,1-2H3,(H,21,22). The van der Waals surface area contributed by atoms with Crippen molar-refractivity contribution < 1.29 is 27.1 Å². The van der Waals surface area contributed by atoms with Gasteiger partial charge in [0, 0.05) is 5.69 Å². The van der Waals surface area contributed by atoms with Crippen LogP contribution in [0.25, 0.3) is 0 Å². The van der Waals surface area contributed by atoms with E-state index in [0.29, 0.717) is 5.69 Å². The van der Waals surface area contributed by atoms with E-state index in [1.807, 2.05) is 0 Å². The molecule has 0 saturated heterocycles.